The van der Waals surface area contributed by atoms with Crippen LogP contribution in [0.4, 0.5) is 0 Å². The van der Waals surface area contributed by atoms with E-state index in [1.807, 2.05) is 18.2 Å². The number of amides is 1. The highest BCUT2D eigenvalue weighted by atomic mass is 127. The van der Waals surface area contributed by atoms with Gasteiger partial charge in [0.15, 0.2) is 0 Å². The van der Waals surface area contributed by atoms with Crippen LogP contribution in [0.1, 0.15) is 23.2 Å². The highest BCUT2D eigenvalue weighted by Crippen LogP contribution is 2.24. The molecule has 14 heavy (non-hydrogen) atoms. The lowest BCUT2D eigenvalue weighted by molar-refractivity contribution is 0.0950. The van der Waals surface area contributed by atoms with Gasteiger partial charge in [-0.2, -0.15) is 0 Å². The van der Waals surface area contributed by atoms with Crippen molar-refractivity contribution in [2.24, 2.45) is 0 Å². The Kier molecular flexibility index (Phi) is 3.11. The first-order valence-electron chi connectivity index (χ1n) is 4.43. The second-order valence-corrected chi connectivity index (χ2v) is 5.28. The van der Waals surface area contributed by atoms with Crippen LogP contribution in [0.5, 0.6) is 0 Å². The predicted octanol–water partition coefficient (Wildman–Crippen LogP) is 2.95. The molecule has 1 saturated carbocycles. The number of nitrogens with one attached hydrogen (secondary N) is 1. The number of hydrogen-bond acceptors (Lipinski definition) is 1. The van der Waals surface area contributed by atoms with Crippen LogP contribution in [-0.2, 0) is 0 Å². The van der Waals surface area contributed by atoms with Crippen molar-refractivity contribution < 1.29 is 4.79 Å². The molecular weight excluding hydrogens is 357 g/mol. The molecule has 1 aromatic rings. The molecule has 0 radical (unpaired) electrons. The molecule has 0 spiro atoms. The molecule has 1 N–H and O–H groups in total. The monoisotopic (exact) mass is 365 g/mol. The van der Waals surface area contributed by atoms with Crippen molar-refractivity contribution in [3.63, 3.8) is 0 Å². The Balaban J connectivity index is 2.21. The number of benzene rings is 1. The zero-order valence-corrected chi connectivity index (χ0v) is 11.1. The summed E-state index contributed by atoms with van der Waals surface area (Å²) in [6.07, 6.45) is 2.24. The van der Waals surface area contributed by atoms with E-state index in [1.54, 1.807) is 0 Å². The average molecular weight is 366 g/mol. The fourth-order valence-corrected chi connectivity index (χ4v) is 2.14. The van der Waals surface area contributed by atoms with Gasteiger partial charge in [0.25, 0.3) is 5.91 Å². The standard InChI is InChI=1S/C10H9BrINO/c11-8-3-1-2-7(9(8)12)10(14)13-6-4-5-6/h1-3,6H,4-5H2,(H,13,14). The normalized spacial score (nSPS) is 15.3. The minimum absolute atomic E-state index is 0.0400. The summed E-state index contributed by atoms with van der Waals surface area (Å²) >= 11 is 5.59. The second kappa shape index (κ2) is 4.18. The SMILES string of the molecule is O=C(NC1CC1)c1cccc(Br)c1I. The molecule has 0 aliphatic heterocycles. The van der Waals surface area contributed by atoms with Crippen LogP contribution < -0.4 is 5.32 Å². The fourth-order valence-electron chi connectivity index (χ4n) is 1.17. The Morgan fingerprint density at radius 2 is 2.21 bits per heavy atom. The van der Waals surface area contributed by atoms with Gasteiger partial charge < -0.3 is 5.32 Å². The van der Waals surface area contributed by atoms with Gasteiger partial charge in [-0.05, 0) is 63.5 Å². The van der Waals surface area contributed by atoms with E-state index >= 15 is 0 Å². The maximum Gasteiger partial charge on any atom is 0.252 e. The highest BCUT2D eigenvalue weighted by Gasteiger charge is 2.24. The Morgan fingerprint density at radius 3 is 2.86 bits per heavy atom. The lowest BCUT2D eigenvalue weighted by Gasteiger charge is -2.06. The fraction of sp³-hybridized carbons (Fsp3) is 0.300. The number of halogens is 2. The van der Waals surface area contributed by atoms with Crippen molar-refractivity contribution in [1.82, 2.24) is 5.32 Å². The summed E-state index contributed by atoms with van der Waals surface area (Å²) in [6.45, 7) is 0. The molecule has 0 saturated heterocycles. The third-order valence-electron chi connectivity index (χ3n) is 2.11. The second-order valence-electron chi connectivity index (χ2n) is 3.35. The summed E-state index contributed by atoms with van der Waals surface area (Å²) in [5.74, 6) is 0.0400. The molecular formula is C10H9BrINO. The van der Waals surface area contributed by atoms with Crippen LogP contribution in [-0.4, -0.2) is 11.9 Å². The lowest BCUT2D eigenvalue weighted by Crippen LogP contribution is -2.26. The van der Waals surface area contributed by atoms with E-state index in [-0.39, 0.29) is 5.91 Å². The van der Waals surface area contributed by atoms with Crippen molar-refractivity contribution in [3.8, 4) is 0 Å². The first kappa shape index (κ1) is 10.4. The first-order chi connectivity index (χ1) is 6.68. The van der Waals surface area contributed by atoms with Crippen molar-refractivity contribution in [1.29, 1.82) is 0 Å². The van der Waals surface area contributed by atoms with E-state index in [4.69, 9.17) is 0 Å². The minimum Gasteiger partial charge on any atom is -0.349 e. The molecule has 0 heterocycles. The molecule has 4 heteroatoms. The third-order valence-corrected chi connectivity index (χ3v) is 4.67. The van der Waals surface area contributed by atoms with Gasteiger partial charge in [0, 0.05) is 14.1 Å². The van der Waals surface area contributed by atoms with Gasteiger partial charge in [-0.15, -0.1) is 0 Å². The zero-order valence-electron chi connectivity index (χ0n) is 7.39. The van der Waals surface area contributed by atoms with Gasteiger partial charge in [0.1, 0.15) is 0 Å². The molecule has 1 amide bonds. The topological polar surface area (TPSA) is 29.1 Å². The van der Waals surface area contributed by atoms with E-state index in [0.717, 1.165) is 26.4 Å². The lowest BCUT2D eigenvalue weighted by atomic mass is 10.2. The van der Waals surface area contributed by atoms with Crippen molar-refractivity contribution in [2.75, 3.05) is 0 Å². The van der Waals surface area contributed by atoms with Gasteiger partial charge in [-0.3, -0.25) is 4.79 Å². The van der Waals surface area contributed by atoms with Crippen molar-refractivity contribution in [2.45, 2.75) is 18.9 Å². The first-order valence-corrected chi connectivity index (χ1v) is 6.30. The van der Waals surface area contributed by atoms with E-state index < -0.39 is 0 Å². The van der Waals surface area contributed by atoms with E-state index in [2.05, 4.69) is 43.8 Å². The van der Waals surface area contributed by atoms with Gasteiger partial charge in [0.2, 0.25) is 0 Å². The van der Waals surface area contributed by atoms with E-state index in [1.165, 1.54) is 0 Å². The Morgan fingerprint density at radius 1 is 1.50 bits per heavy atom. The summed E-state index contributed by atoms with van der Waals surface area (Å²) < 4.78 is 1.95. The maximum absolute atomic E-state index is 11.7. The average Bonchev–Trinajstić information content (AvgIpc) is 2.93. The van der Waals surface area contributed by atoms with Crippen LogP contribution in [0.3, 0.4) is 0 Å². The Labute approximate surface area is 105 Å². The van der Waals surface area contributed by atoms with Crippen LogP contribution in [0.25, 0.3) is 0 Å². The van der Waals surface area contributed by atoms with Gasteiger partial charge >= 0.3 is 0 Å². The molecule has 1 aliphatic carbocycles. The summed E-state index contributed by atoms with van der Waals surface area (Å²) in [4.78, 5) is 11.7. The quantitative estimate of drug-likeness (QED) is 0.802. The van der Waals surface area contributed by atoms with Gasteiger partial charge in [-0.1, -0.05) is 6.07 Å². The number of carbonyl (C=O) groups is 1. The minimum atomic E-state index is 0.0400. The molecule has 1 fully saturated rings. The molecule has 74 valence electrons. The molecule has 1 aliphatic rings. The molecule has 0 bridgehead atoms. The molecule has 2 nitrogen and oxygen atoms in total. The Bertz CT molecular complexity index is 376. The molecule has 0 aromatic heterocycles. The van der Waals surface area contributed by atoms with E-state index in [0.29, 0.717) is 6.04 Å². The van der Waals surface area contributed by atoms with Crippen molar-refractivity contribution >= 4 is 44.4 Å². The van der Waals surface area contributed by atoms with Crippen LogP contribution >= 0.6 is 38.5 Å². The predicted molar refractivity (Wildman–Crippen MR) is 67.3 cm³/mol. The molecule has 0 unspecified atom stereocenters. The van der Waals surface area contributed by atoms with Crippen LogP contribution in [0.15, 0.2) is 22.7 Å². The van der Waals surface area contributed by atoms with Gasteiger partial charge in [-0.25, -0.2) is 0 Å². The smallest absolute Gasteiger partial charge is 0.252 e. The van der Waals surface area contributed by atoms with Gasteiger partial charge in [0.05, 0.1) is 5.56 Å². The van der Waals surface area contributed by atoms with Crippen LogP contribution in [0, 0.1) is 3.57 Å². The number of rotatable bonds is 2. The number of carbonyl (C=O) groups excluding carboxylic acids is 1. The largest absolute Gasteiger partial charge is 0.349 e. The summed E-state index contributed by atoms with van der Waals surface area (Å²) in [6, 6.07) is 6.09. The summed E-state index contributed by atoms with van der Waals surface area (Å²) in [7, 11) is 0. The van der Waals surface area contributed by atoms with Crippen molar-refractivity contribution in [3.05, 3.63) is 31.8 Å². The summed E-state index contributed by atoms with van der Waals surface area (Å²) in [5.41, 5.74) is 0.756. The zero-order chi connectivity index (χ0) is 10.1. The van der Waals surface area contributed by atoms with Crippen LogP contribution in [0.2, 0.25) is 0 Å². The summed E-state index contributed by atoms with van der Waals surface area (Å²) in [5, 5.41) is 2.97. The van der Waals surface area contributed by atoms with E-state index in [9.17, 15) is 4.79 Å². The third kappa shape index (κ3) is 2.28. The maximum atomic E-state index is 11.7. The molecule has 0 atom stereocenters. The molecule has 1 aromatic carbocycles. The highest BCUT2D eigenvalue weighted by molar-refractivity contribution is 14.1. The molecule has 2 rings (SSSR count). The Hall–Kier alpha value is -0.100. The number of hydrogen-bond donors (Lipinski definition) is 1.